The zero-order chi connectivity index (χ0) is 25.1. The topological polar surface area (TPSA) is 99.7 Å². The number of piperidine rings is 1. The third-order valence-electron chi connectivity index (χ3n) is 5.97. The van der Waals surface area contributed by atoms with Crippen LogP contribution in [-0.4, -0.2) is 34.9 Å². The number of alkyl halides is 1. The molecular weight excluding hydrogens is 490 g/mol. The Kier molecular flexibility index (Phi) is 7.88. The van der Waals surface area contributed by atoms with Crippen LogP contribution in [0, 0.1) is 24.1 Å². The lowest BCUT2D eigenvalue weighted by molar-refractivity contribution is 0.178. The van der Waals surface area contributed by atoms with Crippen molar-refractivity contribution in [3.63, 3.8) is 0 Å². The molecule has 1 saturated heterocycles. The summed E-state index contributed by atoms with van der Waals surface area (Å²) in [5.41, 5.74) is 9.69. The van der Waals surface area contributed by atoms with Gasteiger partial charge in [-0.15, -0.1) is 0 Å². The minimum atomic E-state index is -0.988. The van der Waals surface area contributed by atoms with Gasteiger partial charge in [0.05, 0.1) is 26.9 Å². The van der Waals surface area contributed by atoms with Crippen molar-refractivity contribution in [2.45, 2.75) is 37.8 Å². The summed E-state index contributed by atoms with van der Waals surface area (Å²) in [6.45, 7) is 4.58. The van der Waals surface area contributed by atoms with Crippen molar-refractivity contribution in [2.24, 2.45) is 5.92 Å². The second-order valence-corrected chi connectivity index (χ2v) is 9.94. The highest BCUT2D eigenvalue weighted by Crippen LogP contribution is 2.33. The van der Waals surface area contributed by atoms with Crippen molar-refractivity contribution in [1.29, 1.82) is 5.41 Å². The molecular formula is C25H27ClF2N6S. The van der Waals surface area contributed by atoms with Crippen LogP contribution in [0.25, 0.3) is 11.4 Å². The third kappa shape index (κ3) is 5.91. The van der Waals surface area contributed by atoms with Crippen LogP contribution >= 0.6 is 23.5 Å². The fourth-order valence-corrected chi connectivity index (χ4v) is 5.19. The van der Waals surface area contributed by atoms with E-state index in [9.17, 15) is 8.78 Å². The Bertz CT molecular complexity index is 1250. The molecule has 2 atom stereocenters. The lowest BCUT2D eigenvalue weighted by Gasteiger charge is -2.27. The van der Waals surface area contributed by atoms with Gasteiger partial charge in [0.25, 0.3) is 0 Å². The largest absolute Gasteiger partial charge is 0.383 e. The molecule has 35 heavy (non-hydrogen) atoms. The van der Waals surface area contributed by atoms with E-state index in [1.807, 2.05) is 6.92 Å². The minimum Gasteiger partial charge on any atom is -0.383 e. The van der Waals surface area contributed by atoms with Crippen molar-refractivity contribution >= 4 is 40.8 Å². The van der Waals surface area contributed by atoms with E-state index in [0.717, 1.165) is 24.1 Å². The number of hydrogen-bond donors (Lipinski definition) is 4. The van der Waals surface area contributed by atoms with Crippen molar-refractivity contribution in [2.75, 3.05) is 23.5 Å². The molecule has 1 aliphatic heterocycles. The second kappa shape index (κ2) is 10.9. The van der Waals surface area contributed by atoms with Crippen LogP contribution in [0.1, 0.15) is 30.2 Å². The van der Waals surface area contributed by atoms with Crippen LogP contribution in [0.5, 0.6) is 0 Å². The Hall–Kier alpha value is -2.75. The number of aryl methyl sites for hydroxylation is 1. The number of nitrogens with zero attached hydrogens (tertiary/aromatic N) is 2. The molecule has 5 N–H and O–H groups in total. The predicted octanol–water partition coefficient (Wildman–Crippen LogP) is 5.82. The van der Waals surface area contributed by atoms with E-state index in [1.54, 1.807) is 37.3 Å². The highest BCUT2D eigenvalue weighted by atomic mass is 35.5. The van der Waals surface area contributed by atoms with Crippen LogP contribution in [0.3, 0.4) is 0 Å². The fourth-order valence-electron chi connectivity index (χ4n) is 4.10. The maximum absolute atomic E-state index is 14.5. The maximum Gasteiger partial charge on any atom is 0.161 e. The molecule has 0 spiro atoms. The smallest absolute Gasteiger partial charge is 0.161 e. The summed E-state index contributed by atoms with van der Waals surface area (Å²) in [5, 5.41) is 11.6. The molecule has 0 radical (unpaired) electrons. The molecule has 2 aromatic carbocycles. The van der Waals surface area contributed by atoms with Crippen molar-refractivity contribution in [1.82, 2.24) is 15.3 Å². The first kappa shape index (κ1) is 25.3. The number of benzene rings is 2. The number of nitrogens with two attached hydrogens (primary N) is 1. The van der Waals surface area contributed by atoms with Crippen LogP contribution in [0.2, 0.25) is 5.02 Å². The monoisotopic (exact) mass is 516 g/mol. The van der Waals surface area contributed by atoms with E-state index >= 15 is 0 Å². The van der Waals surface area contributed by atoms with Gasteiger partial charge in [-0.3, -0.25) is 0 Å². The van der Waals surface area contributed by atoms with E-state index in [2.05, 4.69) is 20.0 Å². The molecule has 0 bridgehead atoms. The van der Waals surface area contributed by atoms with Crippen molar-refractivity contribution < 1.29 is 8.78 Å². The van der Waals surface area contributed by atoms with Gasteiger partial charge in [-0.2, -0.15) is 0 Å². The Morgan fingerprint density at radius 2 is 2.09 bits per heavy atom. The summed E-state index contributed by atoms with van der Waals surface area (Å²) in [6.07, 6.45) is 0.0699. The number of aromatic nitrogens is 2. The van der Waals surface area contributed by atoms with Gasteiger partial charge in [-0.1, -0.05) is 17.7 Å². The summed E-state index contributed by atoms with van der Waals surface area (Å²) in [5.74, 6) is 0.0251. The molecule has 2 unspecified atom stereocenters. The normalized spacial score (nSPS) is 17.9. The molecule has 3 aromatic rings. The summed E-state index contributed by atoms with van der Waals surface area (Å²) < 4.78 is 31.6. The zero-order valence-corrected chi connectivity index (χ0v) is 21.0. The van der Waals surface area contributed by atoms with Gasteiger partial charge in [0.1, 0.15) is 17.8 Å². The number of rotatable bonds is 7. The van der Waals surface area contributed by atoms with Gasteiger partial charge in [-0.25, -0.2) is 18.7 Å². The van der Waals surface area contributed by atoms with E-state index in [4.69, 9.17) is 22.7 Å². The quantitative estimate of drug-likeness (QED) is 0.233. The van der Waals surface area contributed by atoms with Gasteiger partial charge in [0, 0.05) is 17.8 Å². The summed E-state index contributed by atoms with van der Waals surface area (Å²) in [4.78, 5) is 9.56. The first-order valence-corrected chi connectivity index (χ1v) is 12.5. The second-order valence-electron chi connectivity index (χ2n) is 8.68. The van der Waals surface area contributed by atoms with Crippen molar-refractivity contribution in [3.05, 3.63) is 64.1 Å². The van der Waals surface area contributed by atoms with E-state index in [0.29, 0.717) is 57.6 Å². The zero-order valence-electron chi connectivity index (χ0n) is 19.5. The van der Waals surface area contributed by atoms with Gasteiger partial charge in [0.15, 0.2) is 5.82 Å². The first-order chi connectivity index (χ1) is 16.7. The number of anilines is 2. The van der Waals surface area contributed by atoms with E-state index in [-0.39, 0.29) is 23.3 Å². The minimum absolute atomic E-state index is 0.186. The van der Waals surface area contributed by atoms with Crippen LogP contribution in [0.4, 0.5) is 20.3 Å². The molecule has 0 saturated carbocycles. The molecule has 2 heterocycles. The predicted molar refractivity (Wildman–Crippen MR) is 140 cm³/mol. The number of hydrogen-bond acceptors (Lipinski definition) is 7. The number of nitrogens with one attached hydrogen (secondary N) is 3. The Labute approximate surface area is 212 Å². The molecule has 1 fully saturated rings. The summed E-state index contributed by atoms with van der Waals surface area (Å²) >= 11 is 7.64. The van der Waals surface area contributed by atoms with Crippen LogP contribution in [0.15, 0.2) is 41.3 Å². The molecule has 184 valence electrons. The Morgan fingerprint density at radius 3 is 2.80 bits per heavy atom. The standard InChI is InChI=1S/C25H27ClF2N6S/c1-13-3-5-18(27)22(9-13)35-34-20-6-4-16(10-17(20)26)25-32-21(23(14(2)29)24(30)33-25)11-15-7-8-31-12-19(15)28/h3-6,9-10,15,19,29,31,34H,7-8,11-12H2,1-2H3,(H2,30,32,33). The molecule has 6 nitrogen and oxygen atoms in total. The SMILES string of the molecule is CC(=N)c1c(N)nc(-c2ccc(NSc3cc(C)ccc3F)c(Cl)c2)nc1CC1CCNCC1F. The van der Waals surface area contributed by atoms with Gasteiger partial charge in [0.2, 0.25) is 0 Å². The molecule has 0 amide bonds. The molecule has 1 aliphatic rings. The third-order valence-corrected chi connectivity index (χ3v) is 7.14. The maximum atomic E-state index is 14.5. The molecule has 10 heteroatoms. The van der Waals surface area contributed by atoms with Crippen LogP contribution < -0.4 is 15.8 Å². The highest BCUT2D eigenvalue weighted by Gasteiger charge is 2.27. The van der Waals surface area contributed by atoms with Crippen molar-refractivity contribution in [3.8, 4) is 11.4 Å². The average molecular weight is 517 g/mol. The van der Waals surface area contributed by atoms with E-state index in [1.165, 1.54) is 6.07 Å². The highest BCUT2D eigenvalue weighted by molar-refractivity contribution is 8.00. The van der Waals surface area contributed by atoms with Gasteiger partial charge in [-0.05, 0) is 87.0 Å². The first-order valence-electron chi connectivity index (χ1n) is 11.3. The molecule has 0 aliphatic carbocycles. The number of nitrogen functional groups attached to an aromatic ring is 1. The summed E-state index contributed by atoms with van der Waals surface area (Å²) in [6, 6.07) is 10.2. The number of halogens is 3. The fraction of sp³-hybridized carbons (Fsp3) is 0.320. The van der Waals surface area contributed by atoms with Crippen LogP contribution in [-0.2, 0) is 6.42 Å². The lowest BCUT2D eigenvalue weighted by atomic mass is 9.89. The van der Waals surface area contributed by atoms with E-state index < -0.39 is 6.17 Å². The van der Waals surface area contributed by atoms with Gasteiger partial charge < -0.3 is 21.2 Å². The Morgan fingerprint density at radius 1 is 1.29 bits per heavy atom. The Balaban J connectivity index is 1.60. The van der Waals surface area contributed by atoms with Gasteiger partial charge >= 0.3 is 0 Å². The summed E-state index contributed by atoms with van der Waals surface area (Å²) in [7, 11) is 0. The lowest BCUT2D eigenvalue weighted by Crippen LogP contribution is -2.39. The average Bonchev–Trinajstić information content (AvgIpc) is 2.81. The molecule has 1 aromatic heterocycles. The molecule has 4 rings (SSSR count).